The molecule has 40 heavy (non-hydrogen) atoms. The lowest BCUT2D eigenvalue weighted by atomic mass is 9.89. The molecule has 12 heteroatoms. The first-order chi connectivity index (χ1) is 19.1. The number of carbonyl (C=O) groups is 1. The highest BCUT2D eigenvalue weighted by Crippen LogP contribution is 2.24. The first-order valence-electron chi connectivity index (χ1n) is 13.6. The van der Waals surface area contributed by atoms with Crippen molar-refractivity contribution in [3.63, 3.8) is 0 Å². The van der Waals surface area contributed by atoms with Gasteiger partial charge in [-0.1, -0.05) is 34.7 Å². The number of nitrogens with zero attached hydrogens (tertiary/aromatic N) is 8. The maximum Gasteiger partial charge on any atom is 0.225 e. The molecule has 1 aliphatic carbocycles. The average Bonchev–Trinajstić information content (AvgIpc) is 3.72. The third kappa shape index (κ3) is 6.83. The number of fused-ring (bicyclic) bond motifs is 3. The Labute approximate surface area is 239 Å². The molecule has 11 nitrogen and oxygen atoms in total. The van der Waals surface area contributed by atoms with Crippen LogP contribution in [0.4, 0.5) is 0 Å². The fourth-order valence-electron chi connectivity index (χ4n) is 5.06. The molecule has 0 fully saturated rings. The van der Waals surface area contributed by atoms with Crippen LogP contribution in [0.25, 0.3) is 22.1 Å². The Morgan fingerprint density at radius 2 is 1.62 bits per heavy atom. The molecule has 2 N–H and O–H groups in total. The van der Waals surface area contributed by atoms with Gasteiger partial charge in [0.2, 0.25) is 5.91 Å². The van der Waals surface area contributed by atoms with Crippen molar-refractivity contribution in [3.8, 4) is 0 Å². The van der Waals surface area contributed by atoms with E-state index >= 15 is 0 Å². The summed E-state index contributed by atoms with van der Waals surface area (Å²) in [6, 6.07) is 16.0. The summed E-state index contributed by atoms with van der Waals surface area (Å²) in [7, 11) is 3.85. The van der Waals surface area contributed by atoms with E-state index in [0.717, 1.165) is 91.7 Å². The Hall–Kier alpha value is -3.83. The third-order valence-corrected chi connectivity index (χ3v) is 7.21. The second kappa shape index (κ2) is 14.0. The number of H-pyrrole nitrogens is 1. The van der Waals surface area contributed by atoms with Gasteiger partial charge in [-0.2, -0.15) is 0 Å². The fourth-order valence-corrected chi connectivity index (χ4v) is 5.06. The minimum atomic E-state index is 0. The molecule has 1 atom stereocenters. The molecular weight excluding hydrogens is 528 g/mol. The Balaban J connectivity index is 0.000000210. The van der Waals surface area contributed by atoms with Gasteiger partial charge in [0.15, 0.2) is 0 Å². The van der Waals surface area contributed by atoms with Crippen molar-refractivity contribution in [1.82, 2.24) is 50.2 Å². The summed E-state index contributed by atoms with van der Waals surface area (Å²) < 4.78 is 3.86. The molecule has 0 radical (unpaired) electrons. The van der Waals surface area contributed by atoms with Crippen molar-refractivity contribution in [2.24, 2.45) is 5.92 Å². The van der Waals surface area contributed by atoms with E-state index in [2.05, 4.69) is 42.0 Å². The molecule has 0 aliphatic heterocycles. The summed E-state index contributed by atoms with van der Waals surface area (Å²) >= 11 is 0. The second-order valence-electron chi connectivity index (χ2n) is 9.94. The fraction of sp³-hybridized carbons (Fsp3) is 0.429. The zero-order valence-electron chi connectivity index (χ0n) is 23.0. The van der Waals surface area contributed by atoms with Gasteiger partial charge in [-0.05, 0) is 63.5 Å². The Morgan fingerprint density at radius 3 is 2.27 bits per heavy atom. The topological polar surface area (TPSA) is 122 Å². The van der Waals surface area contributed by atoms with Gasteiger partial charge < -0.3 is 15.2 Å². The molecule has 1 aliphatic rings. The van der Waals surface area contributed by atoms with Crippen molar-refractivity contribution in [2.45, 2.75) is 45.2 Å². The van der Waals surface area contributed by atoms with E-state index in [9.17, 15) is 4.79 Å². The lowest BCUT2D eigenvalue weighted by Crippen LogP contribution is -2.36. The van der Waals surface area contributed by atoms with Crippen LogP contribution in [0.3, 0.4) is 0 Å². The quantitative estimate of drug-likeness (QED) is 0.263. The van der Waals surface area contributed by atoms with Crippen molar-refractivity contribution in [3.05, 3.63) is 66.2 Å². The van der Waals surface area contributed by atoms with E-state index in [4.69, 9.17) is 0 Å². The Bertz CT molecular complexity index is 1510. The number of para-hydroxylation sites is 2. The van der Waals surface area contributed by atoms with Crippen LogP contribution < -0.4 is 5.32 Å². The van der Waals surface area contributed by atoms with Gasteiger partial charge in [-0.25, -0.2) is 14.3 Å². The molecule has 212 valence electrons. The molecule has 3 heterocycles. The molecule has 1 unspecified atom stereocenters. The predicted molar refractivity (Wildman–Crippen MR) is 157 cm³/mol. The molecule has 5 aromatic rings. The minimum absolute atomic E-state index is 0. The normalized spacial score (nSPS) is 14.3. The van der Waals surface area contributed by atoms with Crippen molar-refractivity contribution in [2.75, 3.05) is 27.2 Å². The predicted octanol–water partition coefficient (Wildman–Crippen LogP) is 3.27. The van der Waals surface area contributed by atoms with E-state index in [0.29, 0.717) is 0 Å². The average molecular weight is 565 g/mol. The minimum Gasteiger partial charge on any atom is -0.348 e. The van der Waals surface area contributed by atoms with Crippen molar-refractivity contribution < 1.29 is 4.79 Å². The summed E-state index contributed by atoms with van der Waals surface area (Å²) in [5.74, 6) is 0.286. The number of rotatable bonds is 9. The largest absolute Gasteiger partial charge is 0.348 e. The van der Waals surface area contributed by atoms with E-state index in [-0.39, 0.29) is 24.2 Å². The van der Waals surface area contributed by atoms with E-state index in [1.165, 1.54) is 0 Å². The number of hydrogen-bond acceptors (Lipinski definition) is 7. The number of aromatic nitrogens is 8. The number of imidazole rings is 1. The molecule has 0 saturated heterocycles. The number of carbonyl (C=O) groups excluding carboxylic acids is 1. The van der Waals surface area contributed by atoms with Crippen molar-refractivity contribution in [1.29, 1.82) is 0 Å². The first-order valence-corrected chi connectivity index (χ1v) is 13.6. The van der Waals surface area contributed by atoms with Crippen LogP contribution >= 0.6 is 12.4 Å². The molecule has 0 saturated carbocycles. The highest BCUT2D eigenvalue weighted by Gasteiger charge is 2.28. The SMILES string of the molecule is CN(CCCn1nnc2ccccc21)C(=O)C1CCc2nc[nH]c2C1.CNCCCn1nnc2ccccc21.Cl. The van der Waals surface area contributed by atoms with Crippen LogP contribution in [0.15, 0.2) is 54.9 Å². The molecule has 0 spiro atoms. The van der Waals surface area contributed by atoms with Gasteiger partial charge in [0.25, 0.3) is 0 Å². The van der Waals surface area contributed by atoms with Crippen LogP contribution in [0.1, 0.15) is 30.7 Å². The van der Waals surface area contributed by atoms with Crippen LogP contribution in [0.2, 0.25) is 0 Å². The lowest BCUT2D eigenvalue weighted by Gasteiger charge is -2.26. The number of halogens is 1. The summed E-state index contributed by atoms with van der Waals surface area (Å²) in [5, 5.41) is 19.7. The smallest absolute Gasteiger partial charge is 0.225 e. The molecule has 2 aromatic carbocycles. The number of hydrogen-bond donors (Lipinski definition) is 2. The van der Waals surface area contributed by atoms with Gasteiger partial charge in [0, 0.05) is 44.7 Å². The maximum absolute atomic E-state index is 12.7. The molecular formula is C28H37ClN10O. The third-order valence-electron chi connectivity index (χ3n) is 7.21. The highest BCUT2D eigenvalue weighted by molar-refractivity contribution is 5.85. The zero-order valence-corrected chi connectivity index (χ0v) is 23.8. The van der Waals surface area contributed by atoms with Gasteiger partial charge in [0.05, 0.1) is 23.1 Å². The standard InChI is InChI=1S/C18H22N6O.C10H14N4.ClH/c1-23(18(25)13-7-8-14-16(11-13)20-12-19-14)9-4-10-24-17-6-3-2-5-15(17)21-22-24;1-11-7-4-8-14-10-6-3-2-5-9(10)12-13-14;/h2-3,5-6,12-13H,4,7-11H2,1H3,(H,19,20);2-3,5-6,11H,4,7-8H2,1H3;1H. The summed E-state index contributed by atoms with van der Waals surface area (Å²) in [4.78, 5) is 22.0. The van der Waals surface area contributed by atoms with Crippen LogP contribution in [-0.2, 0) is 30.7 Å². The molecule has 3 aromatic heterocycles. The van der Waals surface area contributed by atoms with Gasteiger partial charge >= 0.3 is 0 Å². The van der Waals surface area contributed by atoms with Crippen molar-refractivity contribution >= 4 is 40.4 Å². The van der Waals surface area contributed by atoms with Crippen LogP contribution in [0.5, 0.6) is 0 Å². The van der Waals surface area contributed by atoms with E-state index < -0.39 is 0 Å². The maximum atomic E-state index is 12.7. The number of benzene rings is 2. The Morgan fingerprint density at radius 1 is 1.00 bits per heavy atom. The van der Waals surface area contributed by atoms with Crippen LogP contribution in [0, 0.1) is 5.92 Å². The van der Waals surface area contributed by atoms with Gasteiger partial charge in [-0.15, -0.1) is 22.6 Å². The summed E-state index contributed by atoms with van der Waals surface area (Å²) in [6.07, 6.45) is 6.19. The monoisotopic (exact) mass is 564 g/mol. The molecule has 0 bridgehead atoms. The summed E-state index contributed by atoms with van der Waals surface area (Å²) in [5.41, 5.74) is 6.26. The zero-order chi connectivity index (χ0) is 27.0. The van der Waals surface area contributed by atoms with E-state index in [1.54, 1.807) is 6.33 Å². The lowest BCUT2D eigenvalue weighted by molar-refractivity contribution is -0.134. The Kier molecular flexibility index (Phi) is 10.2. The number of nitrogens with one attached hydrogen (secondary N) is 2. The summed E-state index contributed by atoms with van der Waals surface area (Å²) in [6.45, 7) is 3.41. The van der Waals surface area contributed by atoms with Crippen LogP contribution in [-0.4, -0.2) is 77.9 Å². The first kappa shape index (κ1) is 29.2. The van der Waals surface area contributed by atoms with E-state index in [1.807, 2.05) is 70.8 Å². The molecule has 6 rings (SSSR count). The number of amides is 1. The van der Waals surface area contributed by atoms with Gasteiger partial charge in [0.1, 0.15) is 11.0 Å². The second-order valence-corrected chi connectivity index (χ2v) is 9.94. The number of aryl methyl sites for hydroxylation is 3. The molecule has 1 amide bonds. The van der Waals surface area contributed by atoms with Gasteiger partial charge in [-0.3, -0.25) is 4.79 Å². The number of aromatic amines is 1. The highest BCUT2D eigenvalue weighted by atomic mass is 35.5.